The third-order valence-electron chi connectivity index (χ3n) is 4.14. The van der Waals surface area contributed by atoms with Crippen molar-refractivity contribution in [3.63, 3.8) is 0 Å². The summed E-state index contributed by atoms with van der Waals surface area (Å²) in [6.45, 7) is 3.18. The smallest absolute Gasteiger partial charge is 0.257 e. The van der Waals surface area contributed by atoms with E-state index < -0.39 is 5.79 Å². The second-order valence-corrected chi connectivity index (χ2v) is 5.31. The van der Waals surface area contributed by atoms with Crippen LogP contribution in [0.15, 0.2) is 18.2 Å². The van der Waals surface area contributed by atoms with Gasteiger partial charge in [0, 0.05) is 40.2 Å². The molecule has 0 bridgehead atoms. The number of carbonyl (C=O) groups is 1. The molecule has 1 aliphatic heterocycles. The molecule has 0 radical (unpaired) electrons. The number of methoxy groups -OCH3 is 3. The summed E-state index contributed by atoms with van der Waals surface area (Å²) in [6, 6.07) is 5.64. The van der Waals surface area contributed by atoms with Crippen molar-refractivity contribution < 1.29 is 19.0 Å². The summed E-state index contributed by atoms with van der Waals surface area (Å²) >= 11 is 0. The largest absolute Gasteiger partial charge is 0.496 e. The predicted molar refractivity (Wildman–Crippen MR) is 79.6 cm³/mol. The van der Waals surface area contributed by atoms with E-state index in [0.717, 1.165) is 5.56 Å². The van der Waals surface area contributed by atoms with Crippen molar-refractivity contribution in [2.75, 3.05) is 34.4 Å². The number of nitrogens with zero attached hydrogens (tertiary/aromatic N) is 1. The van der Waals surface area contributed by atoms with Crippen molar-refractivity contribution in [2.24, 2.45) is 0 Å². The summed E-state index contributed by atoms with van der Waals surface area (Å²) in [5.74, 6) is 0.0466. The number of piperidine rings is 1. The number of likely N-dealkylation sites (tertiary alicyclic amines) is 1. The van der Waals surface area contributed by atoms with E-state index in [2.05, 4.69) is 0 Å². The molecule has 0 atom stereocenters. The Bertz CT molecular complexity index is 501. The maximum atomic E-state index is 12.7. The van der Waals surface area contributed by atoms with Gasteiger partial charge in [-0.25, -0.2) is 0 Å². The van der Waals surface area contributed by atoms with Crippen LogP contribution < -0.4 is 4.74 Å². The highest BCUT2D eigenvalue weighted by Crippen LogP contribution is 2.29. The van der Waals surface area contributed by atoms with Gasteiger partial charge in [-0.05, 0) is 19.1 Å². The fourth-order valence-corrected chi connectivity index (χ4v) is 2.70. The van der Waals surface area contributed by atoms with E-state index in [1.165, 1.54) is 0 Å². The van der Waals surface area contributed by atoms with Crippen molar-refractivity contribution >= 4 is 5.91 Å². The maximum Gasteiger partial charge on any atom is 0.257 e. The molecule has 1 heterocycles. The molecule has 5 nitrogen and oxygen atoms in total. The molecule has 21 heavy (non-hydrogen) atoms. The van der Waals surface area contributed by atoms with Gasteiger partial charge in [-0.1, -0.05) is 11.6 Å². The maximum absolute atomic E-state index is 12.7. The Morgan fingerprint density at radius 1 is 1.14 bits per heavy atom. The van der Waals surface area contributed by atoms with Gasteiger partial charge in [0.2, 0.25) is 0 Å². The Balaban J connectivity index is 2.14. The van der Waals surface area contributed by atoms with Crippen molar-refractivity contribution in [1.82, 2.24) is 4.90 Å². The van der Waals surface area contributed by atoms with Gasteiger partial charge in [0.1, 0.15) is 5.75 Å². The molecule has 5 heteroatoms. The van der Waals surface area contributed by atoms with Crippen LogP contribution in [0.5, 0.6) is 5.75 Å². The Kier molecular flexibility index (Phi) is 4.85. The number of benzene rings is 1. The number of ether oxygens (including phenoxy) is 3. The number of carbonyl (C=O) groups excluding carboxylic acids is 1. The fourth-order valence-electron chi connectivity index (χ4n) is 2.70. The van der Waals surface area contributed by atoms with E-state index >= 15 is 0 Å². The molecule has 1 fully saturated rings. The second-order valence-electron chi connectivity index (χ2n) is 5.31. The lowest BCUT2D eigenvalue weighted by molar-refractivity contribution is -0.226. The lowest BCUT2D eigenvalue weighted by Gasteiger charge is -2.39. The molecule has 0 aliphatic carbocycles. The standard InChI is InChI=1S/C16H23NO4/c1-12-5-6-14(19-2)13(11-12)15(18)17-9-7-16(20-3,21-4)8-10-17/h5-6,11H,7-10H2,1-4H3. The molecule has 1 saturated heterocycles. The average molecular weight is 293 g/mol. The van der Waals surface area contributed by atoms with Gasteiger partial charge in [0.25, 0.3) is 5.91 Å². The SMILES string of the molecule is COc1ccc(C)cc1C(=O)N1CCC(OC)(OC)CC1. The third kappa shape index (κ3) is 3.19. The minimum absolute atomic E-state index is 0.00337. The molecule has 1 aromatic carbocycles. The first-order valence-corrected chi connectivity index (χ1v) is 7.09. The van der Waals surface area contributed by atoms with Crippen LogP contribution in [-0.2, 0) is 9.47 Å². The molecule has 2 rings (SSSR count). The Morgan fingerprint density at radius 3 is 2.29 bits per heavy atom. The van der Waals surface area contributed by atoms with Crippen LogP contribution in [-0.4, -0.2) is 51.0 Å². The zero-order valence-electron chi connectivity index (χ0n) is 13.1. The van der Waals surface area contributed by atoms with Crippen LogP contribution in [0.2, 0.25) is 0 Å². The summed E-state index contributed by atoms with van der Waals surface area (Å²) in [5.41, 5.74) is 1.65. The van der Waals surface area contributed by atoms with Crippen molar-refractivity contribution in [2.45, 2.75) is 25.6 Å². The molecule has 0 spiro atoms. The fraction of sp³-hybridized carbons (Fsp3) is 0.562. The number of aryl methyl sites for hydroxylation is 1. The summed E-state index contributed by atoms with van der Waals surface area (Å²) in [6.07, 6.45) is 1.33. The number of hydrogen-bond donors (Lipinski definition) is 0. The molecular weight excluding hydrogens is 270 g/mol. The molecule has 1 amide bonds. The van der Waals surface area contributed by atoms with Crippen LogP contribution in [0.1, 0.15) is 28.8 Å². The lowest BCUT2D eigenvalue weighted by Crippen LogP contribution is -2.48. The van der Waals surface area contributed by atoms with Crippen LogP contribution in [0, 0.1) is 6.92 Å². The van der Waals surface area contributed by atoms with Gasteiger partial charge in [0.15, 0.2) is 5.79 Å². The van der Waals surface area contributed by atoms with Gasteiger partial charge >= 0.3 is 0 Å². The highest BCUT2D eigenvalue weighted by molar-refractivity contribution is 5.97. The summed E-state index contributed by atoms with van der Waals surface area (Å²) in [5, 5.41) is 0. The summed E-state index contributed by atoms with van der Waals surface area (Å²) in [7, 11) is 4.87. The van der Waals surface area contributed by atoms with Gasteiger partial charge in [-0.15, -0.1) is 0 Å². The quantitative estimate of drug-likeness (QED) is 0.799. The highest BCUT2D eigenvalue weighted by atomic mass is 16.7. The lowest BCUT2D eigenvalue weighted by atomic mass is 10.0. The van der Waals surface area contributed by atoms with E-state index in [9.17, 15) is 4.79 Å². The molecule has 0 aromatic heterocycles. The van der Waals surface area contributed by atoms with Gasteiger partial charge in [0.05, 0.1) is 12.7 Å². The number of amides is 1. The first kappa shape index (κ1) is 15.8. The molecule has 0 unspecified atom stereocenters. The van der Waals surface area contributed by atoms with Gasteiger partial charge < -0.3 is 19.1 Å². The molecule has 1 aliphatic rings. The van der Waals surface area contributed by atoms with E-state index in [1.54, 1.807) is 21.3 Å². The minimum Gasteiger partial charge on any atom is -0.496 e. The Hall–Kier alpha value is -1.59. The Labute approximate surface area is 125 Å². The molecule has 1 aromatic rings. The van der Waals surface area contributed by atoms with Crippen LogP contribution >= 0.6 is 0 Å². The molecular formula is C16H23NO4. The normalized spacial score (nSPS) is 17.6. The van der Waals surface area contributed by atoms with Crippen molar-refractivity contribution in [1.29, 1.82) is 0 Å². The van der Waals surface area contributed by atoms with Crippen molar-refractivity contribution in [3.8, 4) is 5.75 Å². The van der Waals surface area contributed by atoms with Crippen LogP contribution in [0.25, 0.3) is 0 Å². The van der Waals surface area contributed by atoms with Crippen LogP contribution in [0.4, 0.5) is 0 Å². The predicted octanol–water partition coefficient (Wildman–Crippen LogP) is 2.23. The van der Waals surface area contributed by atoms with E-state index in [-0.39, 0.29) is 5.91 Å². The minimum atomic E-state index is -0.562. The first-order valence-electron chi connectivity index (χ1n) is 7.09. The van der Waals surface area contributed by atoms with Crippen molar-refractivity contribution in [3.05, 3.63) is 29.3 Å². The number of hydrogen-bond acceptors (Lipinski definition) is 4. The highest BCUT2D eigenvalue weighted by Gasteiger charge is 2.36. The first-order chi connectivity index (χ1) is 10.0. The molecule has 0 N–H and O–H groups in total. The summed E-state index contributed by atoms with van der Waals surface area (Å²) < 4.78 is 16.2. The van der Waals surface area contributed by atoms with E-state index in [4.69, 9.17) is 14.2 Å². The number of rotatable bonds is 4. The summed E-state index contributed by atoms with van der Waals surface area (Å²) in [4.78, 5) is 14.5. The second kappa shape index (κ2) is 6.45. The van der Waals surface area contributed by atoms with Gasteiger partial charge in [-0.2, -0.15) is 0 Å². The van der Waals surface area contributed by atoms with E-state index in [0.29, 0.717) is 37.2 Å². The average Bonchev–Trinajstić information content (AvgIpc) is 2.54. The monoisotopic (exact) mass is 293 g/mol. The van der Waals surface area contributed by atoms with Crippen LogP contribution in [0.3, 0.4) is 0 Å². The van der Waals surface area contributed by atoms with E-state index in [1.807, 2.05) is 30.0 Å². The molecule has 116 valence electrons. The zero-order chi connectivity index (χ0) is 15.5. The van der Waals surface area contributed by atoms with Gasteiger partial charge in [-0.3, -0.25) is 4.79 Å². The zero-order valence-corrected chi connectivity index (χ0v) is 13.1. The Morgan fingerprint density at radius 2 is 1.76 bits per heavy atom. The molecule has 0 saturated carbocycles. The topological polar surface area (TPSA) is 48.0 Å². The third-order valence-corrected chi connectivity index (χ3v) is 4.14.